The topological polar surface area (TPSA) is 60.5 Å². The third-order valence-corrected chi connectivity index (χ3v) is 5.13. The van der Waals surface area contributed by atoms with Crippen molar-refractivity contribution < 1.29 is 14.1 Å². The van der Waals surface area contributed by atoms with Gasteiger partial charge < -0.3 is 14.6 Å². The number of pyridine rings is 1. The summed E-state index contributed by atoms with van der Waals surface area (Å²) in [5.74, 6) is 0.582. The van der Waals surface area contributed by atoms with Crippen LogP contribution < -0.4 is 10.8 Å². The molecule has 0 spiro atoms. The lowest BCUT2D eigenvalue weighted by Gasteiger charge is -2.32. The molecule has 2 aliphatic rings. The summed E-state index contributed by atoms with van der Waals surface area (Å²) in [6.45, 7) is 10.6. The van der Waals surface area contributed by atoms with Crippen LogP contribution in [-0.2, 0) is 9.31 Å². The van der Waals surface area contributed by atoms with Gasteiger partial charge in [-0.3, -0.25) is 9.78 Å². The van der Waals surface area contributed by atoms with Crippen molar-refractivity contribution in [3.05, 3.63) is 23.5 Å². The summed E-state index contributed by atoms with van der Waals surface area (Å²) in [4.78, 5) is 16.7. The quantitative estimate of drug-likeness (QED) is 0.861. The smallest absolute Gasteiger partial charge is 0.399 e. The number of hydrogen-bond acceptors (Lipinski definition) is 4. The Morgan fingerprint density at radius 3 is 2.48 bits per heavy atom. The Morgan fingerprint density at radius 1 is 1.30 bits per heavy atom. The van der Waals surface area contributed by atoms with Crippen LogP contribution in [0, 0.1) is 12.8 Å². The van der Waals surface area contributed by atoms with E-state index in [4.69, 9.17) is 9.31 Å². The summed E-state index contributed by atoms with van der Waals surface area (Å²) >= 11 is 0. The Kier molecular flexibility index (Phi) is 4.01. The number of carbonyl (C=O) groups excluding carboxylic acids is 1. The fraction of sp³-hybridized carbons (Fsp3) is 0.647. The highest BCUT2D eigenvalue weighted by Crippen LogP contribution is 2.36. The van der Waals surface area contributed by atoms with Gasteiger partial charge in [-0.05, 0) is 59.4 Å². The highest BCUT2D eigenvalue weighted by atomic mass is 16.7. The van der Waals surface area contributed by atoms with Crippen LogP contribution in [0.3, 0.4) is 0 Å². The summed E-state index contributed by atoms with van der Waals surface area (Å²) in [6, 6.07) is 1.84. The molecule has 0 radical (unpaired) electrons. The van der Waals surface area contributed by atoms with Gasteiger partial charge in [-0.15, -0.1) is 0 Å². The summed E-state index contributed by atoms with van der Waals surface area (Å²) in [5, 5.41) is 2.99. The fourth-order valence-electron chi connectivity index (χ4n) is 2.54. The van der Waals surface area contributed by atoms with E-state index in [0.29, 0.717) is 11.5 Å². The standard InChI is InChI=1S/C17H25BN2O3/c1-11-14(15(21)20-9-12-6-7-12)8-13(10-19-11)18-22-16(2,3)17(4,5)23-18/h8,10,12H,6-7,9H2,1-5H3,(H,20,21). The van der Waals surface area contributed by atoms with Crippen molar-refractivity contribution in [2.45, 2.75) is 58.7 Å². The molecule has 3 rings (SSSR count). The largest absolute Gasteiger partial charge is 0.496 e. The fourth-order valence-corrected chi connectivity index (χ4v) is 2.54. The first-order valence-corrected chi connectivity index (χ1v) is 8.30. The van der Waals surface area contributed by atoms with Crippen LogP contribution in [-0.4, -0.2) is 35.8 Å². The van der Waals surface area contributed by atoms with Gasteiger partial charge >= 0.3 is 7.12 Å². The first kappa shape index (κ1) is 16.5. The van der Waals surface area contributed by atoms with Gasteiger partial charge in [0.25, 0.3) is 5.91 Å². The predicted molar refractivity (Wildman–Crippen MR) is 89.7 cm³/mol. The summed E-state index contributed by atoms with van der Waals surface area (Å²) in [5.41, 5.74) is 1.29. The molecule has 0 aromatic carbocycles. The van der Waals surface area contributed by atoms with Gasteiger partial charge in [0.05, 0.1) is 16.8 Å². The second-order valence-corrected chi connectivity index (χ2v) is 7.64. The molecule has 0 bridgehead atoms. The highest BCUT2D eigenvalue weighted by molar-refractivity contribution is 6.62. The average molecular weight is 316 g/mol. The lowest BCUT2D eigenvalue weighted by Crippen LogP contribution is -2.41. The number of aryl methyl sites for hydroxylation is 1. The van der Waals surface area contributed by atoms with E-state index in [-0.39, 0.29) is 5.91 Å². The molecule has 6 heteroatoms. The summed E-state index contributed by atoms with van der Waals surface area (Å²) < 4.78 is 12.1. The van der Waals surface area contributed by atoms with Gasteiger partial charge in [0, 0.05) is 23.9 Å². The van der Waals surface area contributed by atoms with Crippen molar-refractivity contribution >= 4 is 18.5 Å². The van der Waals surface area contributed by atoms with E-state index in [1.807, 2.05) is 40.7 Å². The Morgan fingerprint density at radius 2 is 1.91 bits per heavy atom. The second-order valence-electron chi connectivity index (χ2n) is 7.64. The SMILES string of the molecule is Cc1ncc(B2OC(C)(C)C(C)(C)O2)cc1C(=O)NCC1CC1. The zero-order valence-electron chi connectivity index (χ0n) is 14.6. The van der Waals surface area contributed by atoms with Gasteiger partial charge in [0.2, 0.25) is 0 Å². The van der Waals surface area contributed by atoms with Gasteiger partial charge in [0.15, 0.2) is 0 Å². The Hall–Kier alpha value is -1.40. The number of amides is 1. The number of aromatic nitrogens is 1. The maximum absolute atomic E-state index is 12.4. The monoisotopic (exact) mass is 316 g/mol. The maximum atomic E-state index is 12.4. The molecule has 2 fully saturated rings. The van der Waals surface area contributed by atoms with Crippen LogP contribution in [0.2, 0.25) is 0 Å². The molecule has 1 aliphatic carbocycles. The maximum Gasteiger partial charge on any atom is 0.496 e. The zero-order chi connectivity index (χ0) is 16.8. The number of nitrogens with one attached hydrogen (secondary N) is 1. The number of carbonyl (C=O) groups is 1. The van der Waals surface area contributed by atoms with Crippen molar-refractivity contribution in [3.63, 3.8) is 0 Å². The van der Waals surface area contributed by atoms with Gasteiger partial charge in [-0.1, -0.05) is 0 Å². The number of nitrogens with zero attached hydrogens (tertiary/aromatic N) is 1. The Balaban J connectivity index is 1.79. The molecule has 1 aromatic heterocycles. The normalized spacial score (nSPS) is 22.2. The molecule has 1 saturated carbocycles. The van der Waals surface area contributed by atoms with Crippen molar-refractivity contribution in [1.29, 1.82) is 0 Å². The minimum absolute atomic E-state index is 0.0692. The van der Waals surface area contributed by atoms with E-state index < -0.39 is 18.3 Å². The van der Waals surface area contributed by atoms with Crippen LogP contribution in [0.15, 0.2) is 12.3 Å². The lowest BCUT2D eigenvalue weighted by atomic mass is 9.79. The summed E-state index contributed by atoms with van der Waals surface area (Å²) in [6.07, 6.45) is 4.16. The second kappa shape index (κ2) is 5.60. The minimum atomic E-state index is -0.497. The molecule has 1 saturated heterocycles. The molecule has 1 aromatic rings. The third-order valence-electron chi connectivity index (χ3n) is 5.13. The predicted octanol–water partition coefficient (Wildman–Crippen LogP) is 1.83. The number of rotatable bonds is 4. The molecule has 1 aliphatic heterocycles. The molecular formula is C17H25BN2O3. The first-order chi connectivity index (χ1) is 10.7. The van der Waals surface area contributed by atoms with E-state index in [0.717, 1.165) is 17.7 Å². The zero-order valence-corrected chi connectivity index (χ0v) is 14.6. The van der Waals surface area contributed by atoms with Crippen molar-refractivity contribution in [2.75, 3.05) is 6.54 Å². The third kappa shape index (κ3) is 3.28. The molecule has 2 heterocycles. The van der Waals surface area contributed by atoms with Crippen LogP contribution in [0.25, 0.3) is 0 Å². The van der Waals surface area contributed by atoms with Gasteiger partial charge in [-0.25, -0.2) is 0 Å². The van der Waals surface area contributed by atoms with E-state index in [1.165, 1.54) is 12.8 Å². The van der Waals surface area contributed by atoms with Gasteiger partial charge in [0.1, 0.15) is 0 Å². The molecule has 23 heavy (non-hydrogen) atoms. The molecule has 1 amide bonds. The number of hydrogen-bond donors (Lipinski definition) is 1. The Labute approximate surface area is 138 Å². The average Bonchev–Trinajstić information content (AvgIpc) is 3.24. The van der Waals surface area contributed by atoms with E-state index in [1.54, 1.807) is 6.20 Å². The van der Waals surface area contributed by atoms with Crippen molar-refractivity contribution in [2.24, 2.45) is 5.92 Å². The van der Waals surface area contributed by atoms with E-state index in [9.17, 15) is 4.79 Å². The van der Waals surface area contributed by atoms with Gasteiger partial charge in [-0.2, -0.15) is 0 Å². The molecular weight excluding hydrogens is 291 g/mol. The summed E-state index contributed by atoms with van der Waals surface area (Å²) in [7, 11) is -0.497. The molecule has 1 N–H and O–H groups in total. The van der Waals surface area contributed by atoms with Crippen molar-refractivity contribution in [1.82, 2.24) is 10.3 Å². The van der Waals surface area contributed by atoms with Crippen LogP contribution >= 0.6 is 0 Å². The van der Waals surface area contributed by atoms with Crippen LogP contribution in [0.4, 0.5) is 0 Å². The van der Waals surface area contributed by atoms with Crippen molar-refractivity contribution in [3.8, 4) is 0 Å². The first-order valence-electron chi connectivity index (χ1n) is 8.30. The lowest BCUT2D eigenvalue weighted by molar-refractivity contribution is 0.00578. The van der Waals surface area contributed by atoms with E-state index >= 15 is 0 Å². The Bertz CT molecular complexity index is 610. The minimum Gasteiger partial charge on any atom is -0.399 e. The molecule has 0 unspecified atom stereocenters. The van der Waals surface area contributed by atoms with E-state index in [2.05, 4.69) is 10.3 Å². The van der Waals surface area contributed by atoms with Crippen LogP contribution in [0.5, 0.6) is 0 Å². The molecule has 0 atom stereocenters. The highest BCUT2D eigenvalue weighted by Gasteiger charge is 2.51. The molecule has 124 valence electrons. The molecule has 5 nitrogen and oxygen atoms in total. The van der Waals surface area contributed by atoms with Crippen LogP contribution in [0.1, 0.15) is 56.6 Å².